The van der Waals surface area contributed by atoms with Crippen LogP contribution in [0.3, 0.4) is 0 Å². The summed E-state index contributed by atoms with van der Waals surface area (Å²) in [4.78, 5) is 26.5. The van der Waals surface area contributed by atoms with Crippen LogP contribution in [0.2, 0.25) is 5.02 Å². The van der Waals surface area contributed by atoms with Gasteiger partial charge in [-0.25, -0.2) is 0 Å². The highest BCUT2D eigenvalue weighted by molar-refractivity contribution is 6.31. The minimum Gasteiger partial charge on any atom is -0.342 e. The highest BCUT2D eigenvalue weighted by Gasteiger charge is 2.51. The van der Waals surface area contributed by atoms with Crippen LogP contribution in [0.25, 0.3) is 0 Å². The molecule has 2 aliphatic rings. The number of benzene rings is 1. The zero-order chi connectivity index (χ0) is 14.3. The van der Waals surface area contributed by atoms with Crippen molar-refractivity contribution in [3.8, 4) is 0 Å². The zero-order valence-electron chi connectivity index (χ0n) is 11.4. The summed E-state index contributed by atoms with van der Waals surface area (Å²) in [5.41, 5.74) is -0.0264. The van der Waals surface area contributed by atoms with Crippen LogP contribution in [0.4, 0.5) is 5.69 Å². The summed E-state index contributed by atoms with van der Waals surface area (Å²) in [6.07, 6.45) is 2.30. The molecule has 0 aromatic heterocycles. The lowest BCUT2D eigenvalue weighted by Gasteiger charge is -2.32. The van der Waals surface area contributed by atoms with E-state index in [-0.39, 0.29) is 17.7 Å². The SMILES string of the molecule is CC1(C2CC2)NC(=O)CCN(c2cccc(Cl)c2)C1=O. The fourth-order valence-electron chi connectivity index (χ4n) is 2.83. The van der Waals surface area contributed by atoms with E-state index < -0.39 is 5.54 Å². The number of carbonyl (C=O) groups is 2. The molecule has 5 heteroatoms. The van der Waals surface area contributed by atoms with Gasteiger partial charge in [0.15, 0.2) is 0 Å². The van der Waals surface area contributed by atoms with Crippen molar-refractivity contribution in [2.75, 3.05) is 11.4 Å². The van der Waals surface area contributed by atoms with Gasteiger partial charge in [0.1, 0.15) is 5.54 Å². The Bertz CT molecular complexity index is 571. The molecule has 4 nitrogen and oxygen atoms in total. The molecule has 0 radical (unpaired) electrons. The van der Waals surface area contributed by atoms with E-state index in [1.54, 1.807) is 17.0 Å². The molecule has 2 fully saturated rings. The maximum atomic E-state index is 12.9. The van der Waals surface area contributed by atoms with E-state index in [0.29, 0.717) is 18.0 Å². The van der Waals surface area contributed by atoms with Crippen LogP contribution in [0.5, 0.6) is 0 Å². The molecule has 0 spiro atoms. The predicted octanol–water partition coefficient (Wildman–Crippen LogP) is 2.36. The third kappa shape index (κ3) is 2.29. The van der Waals surface area contributed by atoms with E-state index in [0.717, 1.165) is 18.5 Å². The van der Waals surface area contributed by atoms with E-state index in [1.807, 2.05) is 19.1 Å². The molecule has 1 aromatic carbocycles. The molecule has 1 unspecified atom stereocenters. The second kappa shape index (κ2) is 4.77. The molecular weight excluding hydrogens is 276 g/mol. The topological polar surface area (TPSA) is 49.4 Å². The molecule has 1 aliphatic heterocycles. The minimum atomic E-state index is -0.782. The quantitative estimate of drug-likeness (QED) is 0.910. The largest absolute Gasteiger partial charge is 0.342 e. The monoisotopic (exact) mass is 292 g/mol. The first-order chi connectivity index (χ1) is 9.50. The smallest absolute Gasteiger partial charge is 0.252 e. The Morgan fingerprint density at radius 2 is 2.10 bits per heavy atom. The van der Waals surface area contributed by atoms with Gasteiger partial charge in [0, 0.05) is 23.7 Å². The van der Waals surface area contributed by atoms with Gasteiger partial charge in [0.2, 0.25) is 5.91 Å². The molecule has 1 N–H and O–H groups in total. The normalized spacial score (nSPS) is 27.2. The van der Waals surface area contributed by atoms with E-state index in [9.17, 15) is 9.59 Å². The van der Waals surface area contributed by atoms with Crippen molar-refractivity contribution >= 4 is 29.1 Å². The van der Waals surface area contributed by atoms with Crippen LogP contribution in [0.1, 0.15) is 26.2 Å². The van der Waals surface area contributed by atoms with Gasteiger partial charge in [0.05, 0.1) is 0 Å². The number of halogens is 1. The summed E-state index contributed by atoms with van der Waals surface area (Å²) < 4.78 is 0. The second-order valence-electron chi connectivity index (χ2n) is 5.71. The molecule has 106 valence electrons. The van der Waals surface area contributed by atoms with Gasteiger partial charge in [0.25, 0.3) is 5.91 Å². The summed E-state index contributed by atoms with van der Waals surface area (Å²) >= 11 is 6.01. The average molecular weight is 293 g/mol. The Kier molecular flexibility index (Phi) is 3.21. The van der Waals surface area contributed by atoms with Crippen molar-refractivity contribution < 1.29 is 9.59 Å². The van der Waals surface area contributed by atoms with Crippen molar-refractivity contribution in [2.45, 2.75) is 31.7 Å². The first-order valence-electron chi connectivity index (χ1n) is 6.89. The molecule has 0 bridgehead atoms. The fraction of sp³-hybridized carbons (Fsp3) is 0.467. The summed E-state index contributed by atoms with van der Waals surface area (Å²) in [6.45, 7) is 2.24. The Hall–Kier alpha value is -1.55. The van der Waals surface area contributed by atoms with Crippen LogP contribution in [0, 0.1) is 5.92 Å². The molecule has 20 heavy (non-hydrogen) atoms. The summed E-state index contributed by atoms with van der Waals surface area (Å²) in [5, 5.41) is 3.51. The highest BCUT2D eigenvalue weighted by atomic mass is 35.5. The summed E-state index contributed by atoms with van der Waals surface area (Å²) in [6, 6.07) is 7.21. The van der Waals surface area contributed by atoms with Gasteiger partial charge < -0.3 is 10.2 Å². The number of hydrogen-bond donors (Lipinski definition) is 1. The number of nitrogens with zero attached hydrogens (tertiary/aromatic N) is 1. The lowest BCUT2D eigenvalue weighted by Crippen LogP contribution is -2.56. The number of nitrogens with one attached hydrogen (secondary N) is 1. The van der Waals surface area contributed by atoms with Gasteiger partial charge in [-0.3, -0.25) is 9.59 Å². The maximum Gasteiger partial charge on any atom is 0.252 e. The average Bonchev–Trinajstić information content (AvgIpc) is 3.22. The fourth-order valence-corrected chi connectivity index (χ4v) is 3.01. The first-order valence-corrected chi connectivity index (χ1v) is 7.27. The van der Waals surface area contributed by atoms with Crippen molar-refractivity contribution in [2.24, 2.45) is 5.92 Å². The zero-order valence-corrected chi connectivity index (χ0v) is 12.1. The lowest BCUT2D eigenvalue weighted by atomic mass is 9.94. The number of rotatable bonds is 2. The molecule has 3 rings (SSSR count). The third-order valence-corrected chi connectivity index (χ3v) is 4.40. The van der Waals surface area contributed by atoms with Crippen LogP contribution in [-0.2, 0) is 9.59 Å². The van der Waals surface area contributed by atoms with E-state index >= 15 is 0 Å². The third-order valence-electron chi connectivity index (χ3n) is 4.16. The predicted molar refractivity (Wildman–Crippen MR) is 77.7 cm³/mol. The number of hydrogen-bond acceptors (Lipinski definition) is 2. The van der Waals surface area contributed by atoms with Crippen molar-refractivity contribution in [1.29, 1.82) is 0 Å². The molecule has 2 amide bonds. The molecule has 1 aromatic rings. The molecular formula is C15H17ClN2O2. The number of amides is 2. The Morgan fingerprint density at radius 3 is 2.75 bits per heavy atom. The molecule has 1 saturated carbocycles. The summed E-state index contributed by atoms with van der Waals surface area (Å²) in [7, 11) is 0. The Morgan fingerprint density at radius 1 is 1.35 bits per heavy atom. The lowest BCUT2D eigenvalue weighted by molar-refractivity contribution is -0.130. The van der Waals surface area contributed by atoms with Gasteiger partial charge in [-0.05, 0) is 43.9 Å². The van der Waals surface area contributed by atoms with E-state index in [2.05, 4.69) is 5.32 Å². The first kappa shape index (κ1) is 13.4. The van der Waals surface area contributed by atoms with Gasteiger partial charge in [-0.2, -0.15) is 0 Å². The standard InChI is InChI=1S/C15H17ClN2O2/c1-15(10-5-6-10)14(20)18(8-7-13(19)17-15)12-4-2-3-11(16)9-12/h2-4,9-10H,5-8H2,1H3,(H,17,19). The van der Waals surface area contributed by atoms with Crippen LogP contribution in [0.15, 0.2) is 24.3 Å². The van der Waals surface area contributed by atoms with E-state index in [4.69, 9.17) is 11.6 Å². The highest BCUT2D eigenvalue weighted by Crippen LogP contribution is 2.42. The van der Waals surface area contributed by atoms with Crippen LogP contribution in [-0.4, -0.2) is 23.9 Å². The molecule has 1 aliphatic carbocycles. The van der Waals surface area contributed by atoms with Crippen molar-refractivity contribution in [3.63, 3.8) is 0 Å². The van der Waals surface area contributed by atoms with Gasteiger partial charge >= 0.3 is 0 Å². The molecule has 1 heterocycles. The Labute approximate surface area is 123 Å². The molecule has 1 saturated heterocycles. The van der Waals surface area contributed by atoms with E-state index in [1.165, 1.54) is 0 Å². The van der Waals surface area contributed by atoms with Gasteiger partial charge in [-0.1, -0.05) is 17.7 Å². The minimum absolute atomic E-state index is 0.0342. The van der Waals surface area contributed by atoms with Crippen molar-refractivity contribution in [1.82, 2.24) is 5.32 Å². The van der Waals surface area contributed by atoms with Crippen LogP contribution >= 0.6 is 11.6 Å². The number of anilines is 1. The summed E-state index contributed by atoms with van der Waals surface area (Å²) in [5.74, 6) is 0.157. The van der Waals surface area contributed by atoms with Gasteiger partial charge in [-0.15, -0.1) is 0 Å². The maximum absolute atomic E-state index is 12.9. The van der Waals surface area contributed by atoms with Crippen molar-refractivity contribution in [3.05, 3.63) is 29.3 Å². The Balaban J connectivity index is 1.97. The van der Waals surface area contributed by atoms with Crippen LogP contribution < -0.4 is 10.2 Å². The second-order valence-corrected chi connectivity index (χ2v) is 6.15. The number of carbonyl (C=O) groups excluding carboxylic acids is 2. The molecule has 1 atom stereocenters.